The first-order valence-corrected chi connectivity index (χ1v) is 3.83. The molecule has 0 unspecified atom stereocenters. The average Bonchev–Trinajstić information content (AvgIpc) is 2.39. The molecule has 0 bridgehead atoms. The van der Waals surface area contributed by atoms with E-state index in [0.29, 0.717) is 0 Å². The van der Waals surface area contributed by atoms with Gasteiger partial charge in [0.05, 0.1) is 12.1 Å². The first kappa shape index (κ1) is 6.79. The molecule has 1 N–H and O–H groups in total. The maximum Gasteiger partial charge on any atom is 0.119 e. The van der Waals surface area contributed by atoms with Crippen molar-refractivity contribution in [1.82, 2.24) is 14.8 Å². The third-order valence-corrected chi connectivity index (χ3v) is 2.55. The van der Waals surface area contributed by atoms with E-state index in [4.69, 9.17) is 5.11 Å². The van der Waals surface area contributed by atoms with E-state index in [0.717, 1.165) is 12.8 Å². The predicted octanol–water partition coefficient (Wildman–Crippen LogP) is 0.150. The Hall–Kier alpha value is -0.900. The molecule has 60 valence electrons. The summed E-state index contributed by atoms with van der Waals surface area (Å²) in [6, 6.07) is 0. The zero-order chi connectivity index (χ0) is 7.73. The Morgan fingerprint density at radius 1 is 1.36 bits per heavy atom. The Labute approximate surface area is 64.9 Å². The van der Waals surface area contributed by atoms with Gasteiger partial charge in [-0.05, 0) is 19.3 Å². The van der Waals surface area contributed by atoms with Crippen LogP contribution < -0.4 is 0 Å². The second-order valence-electron chi connectivity index (χ2n) is 3.11. The summed E-state index contributed by atoms with van der Waals surface area (Å²) < 4.78 is 1.91. The van der Waals surface area contributed by atoms with E-state index in [9.17, 15) is 0 Å². The lowest BCUT2D eigenvalue weighted by Gasteiger charge is -2.40. The third kappa shape index (κ3) is 0.860. The summed E-state index contributed by atoms with van der Waals surface area (Å²) in [5.41, 5.74) is -0.0660. The number of aliphatic hydroxyl groups excluding tert-OH is 1. The highest BCUT2D eigenvalue weighted by atomic mass is 16.3. The van der Waals surface area contributed by atoms with E-state index in [1.165, 1.54) is 6.42 Å². The normalized spacial score (nSPS) is 21.2. The van der Waals surface area contributed by atoms with Gasteiger partial charge in [-0.2, -0.15) is 0 Å². The lowest BCUT2D eigenvalue weighted by molar-refractivity contribution is 0.0549. The molecule has 0 amide bonds. The largest absolute Gasteiger partial charge is 0.394 e. The Balaban J connectivity index is 2.25. The van der Waals surface area contributed by atoms with Crippen LogP contribution in [0.2, 0.25) is 0 Å². The van der Waals surface area contributed by atoms with Crippen molar-refractivity contribution in [2.75, 3.05) is 6.61 Å². The average molecular weight is 153 g/mol. The summed E-state index contributed by atoms with van der Waals surface area (Å²) in [5, 5.41) is 16.6. The highest BCUT2D eigenvalue weighted by Crippen LogP contribution is 2.37. The maximum absolute atomic E-state index is 9.13. The van der Waals surface area contributed by atoms with Crippen molar-refractivity contribution in [2.45, 2.75) is 24.8 Å². The van der Waals surface area contributed by atoms with E-state index < -0.39 is 0 Å². The van der Waals surface area contributed by atoms with Crippen molar-refractivity contribution in [1.29, 1.82) is 0 Å². The fourth-order valence-corrected chi connectivity index (χ4v) is 1.53. The van der Waals surface area contributed by atoms with Gasteiger partial charge < -0.3 is 9.67 Å². The molecule has 1 fully saturated rings. The molecular weight excluding hydrogens is 142 g/mol. The molecule has 0 radical (unpaired) electrons. The second kappa shape index (κ2) is 2.30. The minimum atomic E-state index is -0.0660. The van der Waals surface area contributed by atoms with E-state index in [1.54, 1.807) is 12.7 Å². The van der Waals surface area contributed by atoms with Crippen LogP contribution in [0.1, 0.15) is 19.3 Å². The molecule has 0 atom stereocenters. The zero-order valence-electron chi connectivity index (χ0n) is 6.27. The van der Waals surface area contributed by atoms with Crippen molar-refractivity contribution in [3.05, 3.63) is 12.7 Å². The topological polar surface area (TPSA) is 50.9 Å². The summed E-state index contributed by atoms with van der Waals surface area (Å²) in [7, 11) is 0. The van der Waals surface area contributed by atoms with Crippen LogP contribution in [0.3, 0.4) is 0 Å². The van der Waals surface area contributed by atoms with Gasteiger partial charge in [0, 0.05) is 0 Å². The number of nitrogens with zero attached hydrogens (tertiary/aromatic N) is 3. The second-order valence-corrected chi connectivity index (χ2v) is 3.11. The van der Waals surface area contributed by atoms with Crippen molar-refractivity contribution in [3.63, 3.8) is 0 Å². The Morgan fingerprint density at radius 3 is 2.36 bits per heavy atom. The van der Waals surface area contributed by atoms with Crippen LogP contribution in [-0.2, 0) is 5.54 Å². The summed E-state index contributed by atoms with van der Waals surface area (Å²) in [5.74, 6) is 0. The first-order valence-electron chi connectivity index (χ1n) is 3.83. The van der Waals surface area contributed by atoms with Crippen molar-refractivity contribution in [3.8, 4) is 0 Å². The highest BCUT2D eigenvalue weighted by Gasteiger charge is 2.37. The van der Waals surface area contributed by atoms with E-state index in [2.05, 4.69) is 10.2 Å². The molecule has 0 aromatic carbocycles. The van der Waals surface area contributed by atoms with Crippen LogP contribution in [0.15, 0.2) is 12.7 Å². The minimum Gasteiger partial charge on any atom is -0.394 e. The van der Waals surface area contributed by atoms with Gasteiger partial charge in [0.25, 0.3) is 0 Å². The van der Waals surface area contributed by atoms with Crippen LogP contribution in [0.25, 0.3) is 0 Å². The molecule has 1 aliphatic rings. The Morgan fingerprint density at radius 2 is 2.00 bits per heavy atom. The van der Waals surface area contributed by atoms with Crippen LogP contribution in [-0.4, -0.2) is 26.5 Å². The molecule has 0 saturated heterocycles. The van der Waals surface area contributed by atoms with Gasteiger partial charge in [0.15, 0.2) is 0 Å². The molecule has 1 aromatic rings. The summed E-state index contributed by atoms with van der Waals surface area (Å²) in [6.07, 6.45) is 6.63. The maximum atomic E-state index is 9.13. The summed E-state index contributed by atoms with van der Waals surface area (Å²) in [4.78, 5) is 0. The van der Waals surface area contributed by atoms with Crippen molar-refractivity contribution < 1.29 is 5.11 Å². The van der Waals surface area contributed by atoms with Gasteiger partial charge >= 0.3 is 0 Å². The quantitative estimate of drug-likeness (QED) is 0.658. The molecule has 4 heteroatoms. The molecule has 4 nitrogen and oxygen atoms in total. The Bertz CT molecular complexity index is 222. The van der Waals surface area contributed by atoms with Gasteiger partial charge in [-0.1, -0.05) is 0 Å². The van der Waals surface area contributed by atoms with Crippen molar-refractivity contribution in [2.24, 2.45) is 0 Å². The van der Waals surface area contributed by atoms with Gasteiger partial charge in [0.2, 0.25) is 0 Å². The Kier molecular flexibility index (Phi) is 1.42. The van der Waals surface area contributed by atoms with E-state index >= 15 is 0 Å². The molecule has 0 spiro atoms. The standard InChI is InChI=1S/C7H11N3O/c11-4-7(2-1-3-7)10-5-8-9-6-10/h5-6,11H,1-4H2. The highest BCUT2D eigenvalue weighted by molar-refractivity contribution is 4.94. The first-order chi connectivity index (χ1) is 5.37. The lowest BCUT2D eigenvalue weighted by atomic mass is 9.77. The number of hydrogen-bond acceptors (Lipinski definition) is 3. The third-order valence-electron chi connectivity index (χ3n) is 2.55. The number of rotatable bonds is 2. The monoisotopic (exact) mass is 153 g/mol. The molecule has 0 aliphatic heterocycles. The summed E-state index contributed by atoms with van der Waals surface area (Å²) >= 11 is 0. The smallest absolute Gasteiger partial charge is 0.119 e. The van der Waals surface area contributed by atoms with Gasteiger partial charge in [0.1, 0.15) is 12.7 Å². The van der Waals surface area contributed by atoms with Crippen LogP contribution in [0.4, 0.5) is 0 Å². The lowest BCUT2D eigenvalue weighted by Crippen LogP contribution is -2.43. The molecule has 11 heavy (non-hydrogen) atoms. The molecule has 2 rings (SSSR count). The van der Waals surface area contributed by atoms with E-state index in [1.807, 2.05) is 4.57 Å². The fraction of sp³-hybridized carbons (Fsp3) is 0.714. The van der Waals surface area contributed by atoms with Gasteiger partial charge in [-0.25, -0.2) is 0 Å². The van der Waals surface area contributed by atoms with E-state index in [-0.39, 0.29) is 12.1 Å². The molecule has 1 aromatic heterocycles. The summed E-state index contributed by atoms with van der Waals surface area (Å²) in [6.45, 7) is 0.199. The number of hydrogen-bond donors (Lipinski definition) is 1. The number of aromatic nitrogens is 3. The zero-order valence-corrected chi connectivity index (χ0v) is 6.27. The molecule has 1 saturated carbocycles. The molecule has 1 heterocycles. The van der Waals surface area contributed by atoms with Crippen molar-refractivity contribution >= 4 is 0 Å². The van der Waals surface area contributed by atoms with Gasteiger partial charge in [-0.3, -0.25) is 0 Å². The minimum absolute atomic E-state index is 0.0660. The van der Waals surface area contributed by atoms with Gasteiger partial charge in [-0.15, -0.1) is 10.2 Å². The van der Waals surface area contributed by atoms with Crippen LogP contribution in [0.5, 0.6) is 0 Å². The predicted molar refractivity (Wildman–Crippen MR) is 38.9 cm³/mol. The van der Waals surface area contributed by atoms with Crippen LogP contribution in [0, 0.1) is 0 Å². The fourth-order valence-electron chi connectivity index (χ4n) is 1.53. The molecular formula is C7H11N3O. The molecule has 1 aliphatic carbocycles. The van der Waals surface area contributed by atoms with Crippen LogP contribution >= 0.6 is 0 Å². The number of aliphatic hydroxyl groups is 1. The SMILES string of the molecule is OCC1(n2cnnc2)CCC1.